The summed E-state index contributed by atoms with van der Waals surface area (Å²) in [5.74, 6) is -0.340. The topological polar surface area (TPSA) is 150 Å². The Labute approximate surface area is 170 Å². The van der Waals surface area contributed by atoms with Gasteiger partial charge in [-0.3, -0.25) is 4.79 Å². The average Bonchev–Trinajstić information content (AvgIpc) is 2.71. The van der Waals surface area contributed by atoms with Gasteiger partial charge in [-0.25, -0.2) is 0 Å². The van der Waals surface area contributed by atoms with E-state index in [0.29, 0.717) is 5.56 Å². The van der Waals surface area contributed by atoms with Crippen LogP contribution in [0.3, 0.4) is 0 Å². The molecule has 0 amide bonds. The van der Waals surface area contributed by atoms with Crippen LogP contribution >= 0.6 is 0 Å². The highest BCUT2D eigenvalue weighted by molar-refractivity contribution is 5.88. The molecule has 1 aromatic heterocycles. The highest BCUT2D eigenvalue weighted by atomic mass is 16.7. The van der Waals surface area contributed by atoms with Crippen molar-refractivity contribution in [2.75, 3.05) is 0 Å². The molecule has 9 nitrogen and oxygen atoms in total. The van der Waals surface area contributed by atoms with Gasteiger partial charge in [0.1, 0.15) is 52.8 Å². The lowest BCUT2D eigenvalue weighted by Crippen LogP contribution is -2.58. The van der Waals surface area contributed by atoms with Crippen molar-refractivity contribution in [3.63, 3.8) is 0 Å². The number of phenolic OH excluding ortho intramolecular Hbond substituents is 2. The minimum atomic E-state index is -1.60. The Morgan fingerprint density at radius 2 is 1.63 bits per heavy atom. The lowest BCUT2D eigenvalue weighted by Gasteiger charge is -2.38. The van der Waals surface area contributed by atoms with Gasteiger partial charge >= 0.3 is 0 Å². The van der Waals surface area contributed by atoms with Crippen molar-refractivity contribution in [3.05, 3.63) is 52.9 Å². The summed E-state index contributed by atoms with van der Waals surface area (Å²) < 4.78 is 16.6. The first-order valence-corrected chi connectivity index (χ1v) is 9.20. The summed E-state index contributed by atoms with van der Waals surface area (Å²) in [6.07, 6.45) is -5.45. The van der Waals surface area contributed by atoms with E-state index >= 15 is 0 Å². The number of ether oxygens (including phenoxy) is 2. The van der Waals surface area contributed by atoms with Gasteiger partial charge in [-0.1, -0.05) is 12.1 Å². The van der Waals surface area contributed by atoms with Crippen LogP contribution in [0.25, 0.3) is 22.1 Å². The Balaban J connectivity index is 1.80. The first-order chi connectivity index (χ1) is 14.3. The van der Waals surface area contributed by atoms with Gasteiger partial charge in [-0.05, 0) is 24.6 Å². The minimum Gasteiger partial charge on any atom is -0.508 e. The summed E-state index contributed by atoms with van der Waals surface area (Å²) in [6.45, 7) is 1.49. The molecule has 1 unspecified atom stereocenters. The van der Waals surface area contributed by atoms with Gasteiger partial charge in [0.2, 0.25) is 11.7 Å². The quantitative estimate of drug-likeness (QED) is 0.423. The minimum absolute atomic E-state index is 0.0116. The van der Waals surface area contributed by atoms with Crippen molar-refractivity contribution < 1.29 is 39.4 Å². The van der Waals surface area contributed by atoms with Crippen molar-refractivity contribution in [1.29, 1.82) is 0 Å². The molecule has 0 saturated carbocycles. The lowest BCUT2D eigenvalue weighted by atomic mass is 10.00. The zero-order chi connectivity index (χ0) is 21.6. The molecule has 3 aromatic rings. The molecule has 0 bridgehead atoms. The van der Waals surface area contributed by atoms with Crippen LogP contribution in [0.4, 0.5) is 0 Å². The zero-order valence-corrected chi connectivity index (χ0v) is 15.8. The third-order valence-corrected chi connectivity index (χ3v) is 5.06. The van der Waals surface area contributed by atoms with E-state index < -0.39 is 36.1 Å². The Morgan fingerprint density at radius 3 is 2.33 bits per heavy atom. The normalized spacial score (nSPS) is 26.6. The first-order valence-electron chi connectivity index (χ1n) is 9.20. The Hall–Kier alpha value is -3.11. The molecule has 9 heteroatoms. The molecular weight excluding hydrogens is 396 g/mol. The van der Waals surface area contributed by atoms with Crippen LogP contribution in [0.1, 0.15) is 6.92 Å². The molecular formula is C21H20O9. The number of aliphatic hydroxyl groups excluding tert-OH is 3. The van der Waals surface area contributed by atoms with Gasteiger partial charge in [0.05, 0.1) is 11.7 Å². The van der Waals surface area contributed by atoms with Gasteiger partial charge in [0.15, 0.2) is 0 Å². The summed E-state index contributed by atoms with van der Waals surface area (Å²) >= 11 is 0. The molecule has 0 spiro atoms. The molecule has 1 aliphatic rings. The van der Waals surface area contributed by atoms with E-state index in [2.05, 4.69) is 0 Å². The number of fused-ring (bicyclic) bond motifs is 1. The fourth-order valence-corrected chi connectivity index (χ4v) is 3.37. The van der Waals surface area contributed by atoms with Crippen LogP contribution in [-0.2, 0) is 4.74 Å². The third kappa shape index (κ3) is 3.48. The molecule has 2 aromatic carbocycles. The van der Waals surface area contributed by atoms with Crippen LogP contribution in [-0.4, -0.2) is 56.2 Å². The predicted molar refractivity (Wildman–Crippen MR) is 104 cm³/mol. The molecule has 1 fully saturated rings. The zero-order valence-electron chi connectivity index (χ0n) is 15.8. The fourth-order valence-electron chi connectivity index (χ4n) is 3.37. The summed E-state index contributed by atoms with van der Waals surface area (Å²) in [5, 5.41) is 49.5. The summed E-state index contributed by atoms with van der Waals surface area (Å²) in [5.41, 5.74) is 0.239. The molecule has 2 heterocycles. The van der Waals surface area contributed by atoms with E-state index in [4.69, 9.17) is 13.9 Å². The monoisotopic (exact) mass is 416 g/mol. The number of rotatable bonds is 3. The number of benzene rings is 2. The Bertz CT molecular complexity index is 1120. The number of aliphatic hydroxyl groups is 3. The number of hydrogen-bond donors (Lipinski definition) is 5. The summed E-state index contributed by atoms with van der Waals surface area (Å²) in [6, 6.07) is 8.34. The second-order valence-corrected chi connectivity index (χ2v) is 7.14. The van der Waals surface area contributed by atoms with Crippen LogP contribution in [0.2, 0.25) is 0 Å². The van der Waals surface area contributed by atoms with E-state index in [9.17, 15) is 30.3 Å². The lowest BCUT2D eigenvalue weighted by molar-refractivity contribution is -0.267. The van der Waals surface area contributed by atoms with E-state index in [1.54, 1.807) is 12.1 Å². The molecule has 1 aliphatic heterocycles. The summed E-state index contributed by atoms with van der Waals surface area (Å²) in [7, 11) is 0. The standard InChI is InChI=1S/C21H20O9/c1-9-17(24)19(26)20(27)21(29-9)30-15-7-12(23)6-14-16(15)18(25)13(8-28-14)10-2-4-11(22)5-3-10/h2-9,17,19-24,26-27H,1H3/t9-,17-,19+,20+,21?/m0/s1. The van der Waals surface area contributed by atoms with Gasteiger partial charge in [0, 0.05) is 12.1 Å². The molecule has 5 atom stereocenters. The largest absolute Gasteiger partial charge is 0.508 e. The van der Waals surface area contributed by atoms with E-state index in [0.717, 1.165) is 6.07 Å². The van der Waals surface area contributed by atoms with Crippen molar-refractivity contribution >= 4 is 11.0 Å². The van der Waals surface area contributed by atoms with Crippen molar-refractivity contribution in [3.8, 4) is 28.4 Å². The van der Waals surface area contributed by atoms with E-state index in [1.807, 2.05) is 0 Å². The maximum absolute atomic E-state index is 13.2. The second-order valence-electron chi connectivity index (χ2n) is 7.14. The van der Waals surface area contributed by atoms with Gasteiger partial charge in [0.25, 0.3) is 0 Å². The third-order valence-electron chi connectivity index (χ3n) is 5.06. The smallest absolute Gasteiger partial charge is 0.229 e. The summed E-state index contributed by atoms with van der Waals surface area (Å²) in [4.78, 5) is 13.2. The maximum atomic E-state index is 13.2. The van der Waals surface area contributed by atoms with Crippen molar-refractivity contribution in [1.82, 2.24) is 0 Å². The molecule has 4 rings (SSSR count). The van der Waals surface area contributed by atoms with Crippen molar-refractivity contribution in [2.24, 2.45) is 0 Å². The molecule has 5 N–H and O–H groups in total. The Kier molecular flexibility index (Phi) is 5.12. The van der Waals surface area contributed by atoms with Crippen LogP contribution in [0, 0.1) is 0 Å². The SMILES string of the molecule is C[C@@H]1OC(Oc2cc(O)cc3occ(-c4ccc(O)cc4)c(=O)c23)[C@H](O)[C@H](O)[C@H]1O. The fraction of sp³-hybridized carbons (Fsp3) is 0.286. The van der Waals surface area contributed by atoms with E-state index in [1.165, 1.54) is 31.4 Å². The second kappa shape index (κ2) is 7.62. The maximum Gasteiger partial charge on any atom is 0.229 e. The highest BCUT2D eigenvalue weighted by Gasteiger charge is 2.43. The van der Waals surface area contributed by atoms with Crippen LogP contribution < -0.4 is 10.2 Å². The molecule has 30 heavy (non-hydrogen) atoms. The Morgan fingerprint density at radius 1 is 0.933 bits per heavy atom. The van der Waals surface area contributed by atoms with Gasteiger partial charge in [-0.2, -0.15) is 0 Å². The van der Waals surface area contributed by atoms with Crippen molar-refractivity contribution in [2.45, 2.75) is 37.6 Å². The predicted octanol–water partition coefficient (Wildman–Crippen LogP) is 1.08. The molecule has 0 aliphatic carbocycles. The van der Waals surface area contributed by atoms with Gasteiger partial charge < -0.3 is 39.4 Å². The van der Waals surface area contributed by atoms with Crippen LogP contribution in [0.5, 0.6) is 17.2 Å². The number of aromatic hydroxyl groups is 2. The number of phenols is 2. The average molecular weight is 416 g/mol. The van der Waals surface area contributed by atoms with E-state index in [-0.39, 0.29) is 33.8 Å². The highest BCUT2D eigenvalue weighted by Crippen LogP contribution is 2.33. The van der Waals surface area contributed by atoms with Crippen LogP contribution in [0.15, 0.2) is 51.9 Å². The first kappa shape index (κ1) is 20.2. The molecule has 0 radical (unpaired) electrons. The molecule has 158 valence electrons. The molecule has 1 saturated heterocycles. The van der Waals surface area contributed by atoms with Gasteiger partial charge in [-0.15, -0.1) is 0 Å². The number of hydrogen-bond acceptors (Lipinski definition) is 9.